The lowest BCUT2D eigenvalue weighted by Gasteiger charge is -2.27. The van der Waals surface area contributed by atoms with Gasteiger partial charge in [0.25, 0.3) is 0 Å². The number of rotatable bonds is 3. The molecule has 82 valence electrons. The Morgan fingerprint density at radius 3 is 2.93 bits per heavy atom. The highest BCUT2D eigenvalue weighted by molar-refractivity contribution is 5.38. The van der Waals surface area contributed by atoms with Crippen LogP contribution in [0.25, 0.3) is 0 Å². The summed E-state index contributed by atoms with van der Waals surface area (Å²) in [7, 11) is 1.80. The monoisotopic (exact) mass is 209 g/mol. The van der Waals surface area contributed by atoms with Gasteiger partial charge in [-0.05, 0) is 0 Å². The summed E-state index contributed by atoms with van der Waals surface area (Å²) in [6.07, 6.45) is 1.72. The van der Waals surface area contributed by atoms with Gasteiger partial charge in [-0.2, -0.15) is 4.98 Å². The van der Waals surface area contributed by atoms with Crippen LogP contribution in [0.4, 0.5) is 11.8 Å². The Morgan fingerprint density at radius 1 is 1.40 bits per heavy atom. The van der Waals surface area contributed by atoms with E-state index in [2.05, 4.69) is 25.7 Å². The first-order chi connectivity index (χ1) is 7.38. The van der Waals surface area contributed by atoms with Gasteiger partial charge in [-0.15, -0.1) is 0 Å². The fourth-order valence-electron chi connectivity index (χ4n) is 1.38. The van der Waals surface area contributed by atoms with Gasteiger partial charge in [-0.25, -0.2) is 9.99 Å². The van der Waals surface area contributed by atoms with Gasteiger partial charge in [0.05, 0.1) is 13.2 Å². The van der Waals surface area contributed by atoms with E-state index in [0.717, 1.165) is 32.1 Å². The molecule has 1 fully saturated rings. The Hall–Kier alpha value is -1.40. The Kier molecular flexibility index (Phi) is 3.31. The fourth-order valence-corrected chi connectivity index (χ4v) is 1.38. The SMILES string of the molecule is CNc1nccc(NN2CCOCC2)n1. The molecule has 1 aliphatic rings. The molecule has 0 radical (unpaired) electrons. The summed E-state index contributed by atoms with van der Waals surface area (Å²) in [6, 6.07) is 1.84. The molecule has 0 amide bonds. The Bertz CT molecular complexity index is 313. The number of hydrazine groups is 1. The first-order valence-electron chi connectivity index (χ1n) is 4.98. The molecule has 0 atom stereocenters. The minimum Gasteiger partial charge on any atom is -0.379 e. The van der Waals surface area contributed by atoms with Crippen molar-refractivity contribution in [1.29, 1.82) is 0 Å². The van der Waals surface area contributed by atoms with Crippen molar-refractivity contribution in [2.75, 3.05) is 44.1 Å². The lowest BCUT2D eigenvalue weighted by Crippen LogP contribution is -2.40. The number of ether oxygens (including phenoxy) is 1. The molecule has 2 N–H and O–H groups in total. The number of nitrogens with one attached hydrogen (secondary N) is 2. The van der Waals surface area contributed by atoms with Gasteiger partial charge in [-0.3, -0.25) is 0 Å². The van der Waals surface area contributed by atoms with Crippen molar-refractivity contribution in [1.82, 2.24) is 15.0 Å². The van der Waals surface area contributed by atoms with Crippen molar-refractivity contribution in [3.05, 3.63) is 12.3 Å². The van der Waals surface area contributed by atoms with Crippen LogP contribution in [0, 0.1) is 0 Å². The van der Waals surface area contributed by atoms with Gasteiger partial charge in [0, 0.05) is 32.4 Å². The molecule has 15 heavy (non-hydrogen) atoms. The number of anilines is 2. The maximum Gasteiger partial charge on any atom is 0.224 e. The van der Waals surface area contributed by atoms with Crippen LogP contribution in [0.2, 0.25) is 0 Å². The van der Waals surface area contributed by atoms with Crippen LogP contribution < -0.4 is 10.7 Å². The Morgan fingerprint density at radius 2 is 2.20 bits per heavy atom. The number of morpholine rings is 1. The molecule has 0 aliphatic carbocycles. The summed E-state index contributed by atoms with van der Waals surface area (Å²) in [5.74, 6) is 1.42. The summed E-state index contributed by atoms with van der Waals surface area (Å²) in [4.78, 5) is 8.32. The molecule has 0 spiro atoms. The molecule has 1 aromatic rings. The average molecular weight is 209 g/mol. The van der Waals surface area contributed by atoms with Crippen molar-refractivity contribution in [2.45, 2.75) is 0 Å². The molecule has 0 bridgehead atoms. The minimum absolute atomic E-state index is 0.619. The van der Waals surface area contributed by atoms with Gasteiger partial charge in [0.1, 0.15) is 5.82 Å². The van der Waals surface area contributed by atoms with E-state index in [0.29, 0.717) is 5.95 Å². The predicted molar refractivity (Wildman–Crippen MR) is 57.6 cm³/mol. The zero-order chi connectivity index (χ0) is 10.5. The topological polar surface area (TPSA) is 62.3 Å². The molecule has 1 saturated heterocycles. The van der Waals surface area contributed by atoms with Crippen LogP contribution in [0.3, 0.4) is 0 Å². The molecular weight excluding hydrogens is 194 g/mol. The summed E-state index contributed by atoms with van der Waals surface area (Å²) >= 11 is 0. The van der Waals surface area contributed by atoms with E-state index in [-0.39, 0.29) is 0 Å². The van der Waals surface area contributed by atoms with Crippen molar-refractivity contribution in [3.8, 4) is 0 Å². The summed E-state index contributed by atoms with van der Waals surface area (Å²) in [6.45, 7) is 3.27. The van der Waals surface area contributed by atoms with Crippen LogP contribution in [0.5, 0.6) is 0 Å². The highest BCUT2D eigenvalue weighted by Crippen LogP contribution is 2.07. The van der Waals surface area contributed by atoms with Crippen LogP contribution in [-0.4, -0.2) is 48.3 Å². The normalized spacial score (nSPS) is 17.4. The standard InChI is InChI=1S/C9H15N5O/c1-10-9-11-3-2-8(12-9)13-14-4-6-15-7-5-14/h2-3H,4-7H2,1H3,(H2,10,11,12,13). The second kappa shape index (κ2) is 4.90. The van der Waals surface area contributed by atoms with E-state index < -0.39 is 0 Å². The predicted octanol–water partition coefficient (Wildman–Crippen LogP) is 0.177. The second-order valence-corrected chi connectivity index (χ2v) is 3.23. The van der Waals surface area contributed by atoms with Crippen LogP contribution in [0.1, 0.15) is 0 Å². The molecule has 0 unspecified atom stereocenters. The summed E-state index contributed by atoms with van der Waals surface area (Å²) in [5.41, 5.74) is 3.22. The maximum absolute atomic E-state index is 5.26. The first-order valence-corrected chi connectivity index (χ1v) is 4.98. The number of hydrogen-bond acceptors (Lipinski definition) is 6. The Labute approximate surface area is 88.6 Å². The molecular formula is C9H15N5O. The van der Waals surface area contributed by atoms with Crippen molar-refractivity contribution < 1.29 is 4.74 Å². The average Bonchev–Trinajstić information content (AvgIpc) is 2.31. The minimum atomic E-state index is 0.619. The number of nitrogens with zero attached hydrogens (tertiary/aromatic N) is 3. The van der Waals surface area contributed by atoms with Gasteiger partial charge >= 0.3 is 0 Å². The molecule has 1 aliphatic heterocycles. The lowest BCUT2D eigenvalue weighted by atomic mass is 10.5. The van der Waals surface area contributed by atoms with E-state index in [1.807, 2.05) is 6.07 Å². The number of aromatic nitrogens is 2. The van der Waals surface area contributed by atoms with Crippen LogP contribution in [0.15, 0.2) is 12.3 Å². The third-order valence-corrected chi connectivity index (χ3v) is 2.16. The van der Waals surface area contributed by atoms with Crippen LogP contribution >= 0.6 is 0 Å². The molecule has 6 heteroatoms. The van der Waals surface area contributed by atoms with Crippen LogP contribution in [-0.2, 0) is 4.74 Å². The number of hydrogen-bond donors (Lipinski definition) is 2. The summed E-state index contributed by atoms with van der Waals surface area (Å²) < 4.78 is 5.26. The highest BCUT2D eigenvalue weighted by atomic mass is 16.5. The third-order valence-electron chi connectivity index (χ3n) is 2.16. The van der Waals surface area contributed by atoms with Gasteiger partial charge in [0.2, 0.25) is 5.95 Å². The quantitative estimate of drug-likeness (QED) is 0.740. The van der Waals surface area contributed by atoms with E-state index in [1.165, 1.54) is 0 Å². The van der Waals surface area contributed by atoms with Gasteiger partial charge < -0.3 is 15.5 Å². The molecule has 2 heterocycles. The zero-order valence-electron chi connectivity index (χ0n) is 8.73. The maximum atomic E-state index is 5.26. The van der Waals surface area contributed by atoms with E-state index in [4.69, 9.17) is 4.74 Å². The van der Waals surface area contributed by atoms with E-state index in [9.17, 15) is 0 Å². The second-order valence-electron chi connectivity index (χ2n) is 3.23. The summed E-state index contributed by atoms with van der Waals surface area (Å²) in [5, 5.41) is 4.99. The van der Waals surface area contributed by atoms with Crippen molar-refractivity contribution >= 4 is 11.8 Å². The fraction of sp³-hybridized carbons (Fsp3) is 0.556. The largest absolute Gasteiger partial charge is 0.379 e. The molecule has 0 saturated carbocycles. The highest BCUT2D eigenvalue weighted by Gasteiger charge is 2.10. The van der Waals surface area contributed by atoms with E-state index >= 15 is 0 Å². The molecule has 2 rings (SSSR count). The van der Waals surface area contributed by atoms with Gasteiger partial charge in [0.15, 0.2) is 0 Å². The van der Waals surface area contributed by atoms with E-state index in [1.54, 1.807) is 13.2 Å². The van der Waals surface area contributed by atoms with Crippen molar-refractivity contribution in [2.24, 2.45) is 0 Å². The lowest BCUT2D eigenvalue weighted by molar-refractivity contribution is 0.0495. The smallest absolute Gasteiger partial charge is 0.224 e. The van der Waals surface area contributed by atoms with Gasteiger partial charge in [-0.1, -0.05) is 0 Å². The Balaban J connectivity index is 1.96. The third kappa shape index (κ3) is 2.77. The molecule has 1 aromatic heterocycles. The zero-order valence-corrected chi connectivity index (χ0v) is 8.73. The molecule has 6 nitrogen and oxygen atoms in total. The first kappa shape index (κ1) is 10.1. The van der Waals surface area contributed by atoms with Crippen molar-refractivity contribution in [3.63, 3.8) is 0 Å². The molecule has 0 aromatic carbocycles.